The predicted octanol–water partition coefficient (Wildman–Crippen LogP) is 3.53. The summed E-state index contributed by atoms with van der Waals surface area (Å²) in [6.07, 6.45) is 0.579. The van der Waals surface area contributed by atoms with Gasteiger partial charge in [-0.3, -0.25) is 14.4 Å². The maximum absolute atomic E-state index is 13.9. The van der Waals surface area contributed by atoms with Gasteiger partial charge in [-0.25, -0.2) is 0 Å². The third kappa shape index (κ3) is 4.01. The molecule has 4 aliphatic carbocycles. The van der Waals surface area contributed by atoms with E-state index in [9.17, 15) is 29.7 Å². The zero-order valence-corrected chi connectivity index (χ0v) is 22.6. The summed E-state index contributed by atoms with van der Waals surface area (Å²) in [5.41, 5.74) is -0.0875. The van der Waals surface area contributed by atoms with Crippen LogP contribution < -0.4 is 0 Å². The molecule has 4 N–H and O–H groups in total. The average Bonchev–Trinajstić information content (AvgIpc) is 3.02. The van der Waals surface area contributed by atoms with Gasteiger partial charge in [-0.1, -0.05) is 41.5 Å². The summed E-state index contributed by atoms with van der Waals surface area (Å²) in [5.74, 6) is -2.43. The molecular weight excluding hydrogens is 460 g/mol. The first-order chi connectivity index (χ1) is 16.6. The van der Waals surface area contributed by atoms with E-state index in [4.69, 9.17) is 5.11 Å². The molecule has 10 unspecified atom stereocenters. The Morgan fingerprint density at radius 3 is 2.28 bits per heavy atom. The van der Waals surface area contributed by atoms with Crippen LogP contribution in [0, 0.1) is 45.8 Å². The van der Waals surface area contributed by atoms with Crippen molar-refractivity contribution in [3.8, 4) is 0 Å². The van der Waals surface area contributed by atoms with Crippen molar-refractivity contribution in [3.63, 3.8) is 0 Å². The van der Waals surface area contributed by atoms with Gasteiger partial charge in [0.25, 0.3) is 0 Å². The summed E-state index contributed by atoms with van der Waals surface area (Å²) in [5, 5.41) is 42.7. The van der Waals surface area contributed by atoms with E-state index in [-0.39, 0.29) is 54.5 Å². The van der Waals surface area contributed by atoms with Gasteiger partial charge in [0.2, 0.25) is 0 Å². The molecular formula is C29H44O7. The van der Waals surface area contributed by atoms with Crippen molar-refractivity contribution in [2.24, 2.45) is 45.8 Å². The Morgan fingerprint density at radius 1 is 1.03 bits per heavy atom. The highest BCUT2D eigenvalue weighted by Gasteiger charge is 2.65. The molecule has 0 spiro atoms. The first-order valence-corrected chi connectivity index (χ1v) is 13.6. The minimum absolute atomic E-state index is 0.0244. The number of hydrogen-bond donors (Lipinski definition) is 4. The molecule has 0 aromatic heterocycles. The summed E-state index contributed by atoms with van der Waals surface area (Å²) < 4.78 is 0. The van der Waals surface area contributed by atoms with Gasteiger partial charge in [0, 0.05) is 30.8 Å². The minimum Gasteiger partial charge on any atom is -0.481 e. The Kier molecular flexibility index (Phi) is 6.88. The van der Waals surface area contributed by atoms with Crippen LogP contribution in [0.3, 0.4) is 0 Å². The van der Waals surface area contributed by atoms with Crippen LogP contribution in [-0.4, -0.2) is 56.3 Å². The lowest BCUT2D eigenvalue weighted by molar-refractivity contribution is -0.143. The van der Waals surface area contributed by atoms with Crippen LogP contribution >= 0.6 is 0 Å². The minimum atomic E-state index is -0.992. The number of allylic oxidation sites excluding steroid dienone is 1. The molecule has 0 aromatic rings. The standard InChI is InChI=1S/C29H44O7/c1-14(9-16(30)10-15(2)26(35)36)17-11-19(32)24-23-18(31)12-21-27(3,4)22(34)7-8-28(21,5)25(23)20(33)13-29(17,24)6/h14-15,17-19,21-22,24,31-32,34H,7-13H2,1-6H3,(H,35,36). The van der Waals surface area contributed by atoms with Gasteiger partial charge in [0.1, 0.15) is 5.78 Å². The van der Waals surface area contributed by atoms with Crippen LogP contribution in [-0.2, 0) is 14.4 Å². The van der Waals surface area contributed by atoms with Crippen molar-refractivity contribution < 1.29 is 34.8 Å². The van der Waals surface area contributed by atoms with Gasteiger partial charge in [-0.2, -0.15) is 0 Å². The van der Waals surface area contributed by atoms with E-state index >= 15 is 0 Å². The van der Waals surface area contributed by atoms with Crippen molar-refractivity contribution in [2.75, 3.05) is 0 Å². The molecule has 0 bridgehead atoms. The van der Waals surface area contributed by atoms with Crippen LogP contribution in [0.2, 0.25) is 0 Å². The molecule has 0 aliphatic heterocycles. The number of carboxylic acids is 1. The molecule has 2 saturated carbocycles. The molecule has 10 atom stereocenters. The van der Waals surface area contributed by atoms with E-state index in [2.05, 4.69) is 6.92 Å². The Morgan fingerprint density at radius 2 is 1.67 bits per heavy atom. The number of hydrogen-bond acceptors (Lipinski definition) is 6. The number of aliphatic hydroxyl groups is 3. The highest BCUT2D eigenvalue weighted by Crippen LogP contribution is 2.67. The Bertz CT molecular complexity index is 982. The number of carboxylic acid groups (broad SMARTS) is 1. The van der Waals surface area contributed by atoms with Crippen molar-refractivity contribution >= 4 is 17.5 Å². The van der Waals surface area contributed by atoms with Gasteiger partial charge in [-0.05, 0) is 65.3 Å². The Balaban J connectivity index is 1.68. The molecule has 0 saturated heterocycles. The molecule has 2 fully saturated rings. The molecule has 202 valence electrons. The molecule has 7 heteroatoms. The Hall–Kier alpha value is -1.57. The molecule has 4 rings (SSSR count). The number of ketones is 2. The molecule has 4 aliphatic rings. The van der Waals surface area contributed by atoms with E-state index in [0.717, 1.165) is 0 Å². The zero-order chi connectivity index (χ0) is 27.0. The van der Waals surface area contributed by atoms with Gasteiger partial charge < -0.3 is 20.4 Å². The Labute approximate surface area is 214 Å². The quantitative estimate of drug-likeness (QED) is 0.435. The van der Waals surface area contributed by atoms with Crippen molar-refractivity contribution in [1.82, 2.24) is 0 Å². The second-order valence-electron chi connectivity index (χ2n) is 13.6. The maximum Gasteiger partial charge on any atom is 0.306 e. The van der Waals surface area contributed by atoms with E-state index in [1.165, 1.54) is 6.92 Å². The molecule has 0 heterocycles. The fraction of sp³-hybridized carbons (Fsp3) is 0.828. The van der Waals surface area contributed by atoms with Crippen molar-refractivity contribution in [3.05, 3.63) is 11.1 Å². The number of fused-ring (bicyclic) bond motifs is 4. The van der Waals surface area contributed by atoms with E-state index in [1.54, 1.807) is 0 Å². The third-order valence-electron chi connectivity index (χ3n) is 10.9. The normalized spacial score (nSPS) is 43.3. The number of carbonyl (C=O) groups excluding carboxylic acids is 2. The molecule has 36 heavy (non-hydrogen) atoms. The van der Waals surface area contributed by atoms with E-state index in [0.29, 0.717) is 36.8 Å². The van der Waals surface area contributed by atoms with E-state index in [1.807, 2.05) is 27.7 Å². The third-order valence-corrected chi connectivity index (χ3v) is 10.9. The first-order valence-electron chi connectivity index (χ1n) is 13.6. The van der Waals surface area contributed by atoms with Crippen LogP contribution in [0.15, 0.2) is 11.1 Å². The monoisotopic (exact) mass is 504 g/mol. The van der Waals surface area contributed by atoms with Crippen molar-refractivity contribution in [2.45, 2.75) is 105 Å². The summed E-state index contributed by atoms with van der Waals surface area (Å²) in [6, 6.07) is 0. The lowest BCUT2D eigenvalue weighted by Crippen LogP contribution is -2.58. The molecule has 0 aromatic carbocycles. The number of Topliss-reactive ketones (excluding diaryl/α,β-unsaturated/α-hetero) is 2. The number of carbonyl (C=O) groups is 3. The van der Waals surface area contributed by atoms with Crippen molar-refractivity contribution in [1.29, 1.82) is 0 Å². The smallest absolute Gasteiger partial charge is 0.306 e. The lowest BCUT2D eigenvalue weighted by atomic mass is 9.45. The molecule has 0 amide bonds. The molecule has 0 radical (unpaired) electrons. The first kappa shape index (κ1) is 27.5. The second-order valence-corrected chi connectivity index (χ2v) is 13.6. The highest BCUT2D eigenvalue weighted by molar-refractivity contribution is 6.00. The fourth-order valence-electron chi connectivity index (χ4n) is 9.06. The summed E-state index contributed by atoms with van der Waals surface area (Å²) >= 11 is 0. The SMILES string of the molecule is CC(CC(=O)CC(C)C1CC(O)C2C3=C(C(=O)CC12C)C1(C)CCC(O)C(C)(C)C1CC3O)C(=O)O. The number of aliphatic hydroxyl groups excluding tert-OH is 3. The number of aliphatic carboxylic acids is 1. The molecule has 7 nitrogen and oxygen atoms in total. The number of rotatable bonds is 6. The summed E-state index contributed by atoms with van der Waals surface area (Å²) in [4.78, 5) is 37.8. The van der Waals surface area contributed by atoms with E-state index < -0.39 is 46.4 Å². The van der Waals surface area contributed by atoms with Gasteiger partial charge in [-0.15, -0.1) is 0 Å². The topological polar surface area (TPSA) is 132 Å². The largest absolute Gasteiger partial charge is 0.481 e. The van der Waals surface area contributed by atoms with Gasteiger partial charge >= 0.3 is 5.97 Å². The van der Waals surface area contributed by atoms with Gasteiger partial charge in [0.15, 0.2) is 5.78 Å². The van der Waals surface area contributed by atoms with Crippen LogP contribution in [0.1, 0.15) is 86.5 Å². The zero-order valence-electron chi connectivity index (χ0n) is 22.6. The maximum atomic E-state index is 13.9. The highest BCUT2D eigenvalue weighted by atomic mass is 16.4. The van der Waals surface area contributed by atoms with Gasteiger partial charge in [0.05, 0.1) is 24.2 Å². The fourth-order valence-corrected chi connectivity index (χ4v) is 9.06. The summed E-state index contributed by atoms with van der Waals surface area (Å²) in [7, 11) is 0. The second kappa shape index (κ2) is 9.02. The summed E-state index contributed by atoms with van der Waals surface area (Å²) in [6.45, 7) is 11.7. The van der Waals surface area contributed by atoms with Crippen LogP contribution in [0.4, 0.5) is 0 Å². The predicted molar refractivity (Wildman–Crippen MR) is 134 cm³/mol. The lowest BCUT2D eigenvalue weighted by Gasteiger charge is -2.60. The van der Waals surface area contributed by atoms with Crippen LogP contribution in [0.25, 0.3) is 0 Å². The van der Waals surface area contributed by atoms with Crippen LogP contribution in [0.5, 0.6) is 0 Å². The average molecular weight is 505 g/mol.